The van der Waals surface area contributed by atoms with Gasteiger partial charge in [0, 0.05) is 18.2 Å². The number of aromatic nitrogens is 3. The summed E-state index contributed by atoms with van der Waals surface area (Å²) < 4.78 is 45.0. The maximum atomic E-state index is 14.6. The van der Waals surface area contributed by atoms with E-state index in [0.29, 0.717) is 57.0 Å². The Morgan fingerprint density at radius 3 is 2.74 bits per heavy atom. The molecule has 1 saturated heterocycles. The Bertz CT molecular complexity index is 1170. The van der Waals surface area contributed by atoms with Crippen molar-refractivity contribution in [2.24, 2.45) is 0 Å². The van der Waals surface area contributed by atoms with Crippen LogP contribution in [-0.4, -0.2) is 54.1 Å². The Kier molecular flexibility index (Phi) is 7.01. The number of hydrogen-bond donors (Lipinski definition) is 2. The van der Waals surface area contributed by atoms with E-state index in [0.717, 1.165) is 0 Å². The average Bonchev–Trinajstić information content (AvgIpc) is 3.13. The van der Waals surface area contributed by atoms with Gasteiger partial charge in [-0.25, -0.2) is 18.7 Å². The molecule has 1 aliphatic rings. The number of aryl methyl sites for hydroxylation is 2. The first-order valence-corrected chi connectivity index (χ1v) is 11.2. The molecule has 1 aliphatic heterocycles. The van der Waals surface area contributed by atoms with Crippen molar-refractivity contribution in [3.63, 3.8) is 0 Å². The minimum atomic E-state index is -2.94. The molecule has 0 amide bonds. The Morgan fingerprint density at radius 2 is 2.06 bits per heavy atom. The average molecular weight is 494 g/mol. The molecule has 2 aromatic heterocycles. The van der Waals surface area contributed by atoms with E-state index in [-0.39, 0.29) is 19.0 Å². The van der Waals surface area contributed by atoms with Crippen molar-refractivity contribution in [3.05, 3.63) is 40.2 Å². The lowest BCUT2D eigenvalue weighted by atomic mass is 10.0. The standard InChI is InChI=1S/C23H26ClF2N5O3/c1-12-20(19-13(2)31-34-14(19)3)29-22(16-9-15(33-11-32-4)5-6-17(16)24)30-21(12)28-18-7-8-27-10-23(18,25)26/h5-6,9,18,27H,7-8,10-11H2,1-4H3,(H,28,29,30). The topological polar surface area (TPSA) is 94.3 Å². The van der Waals surface area contributed by atoms with Crippen LogP contribution in [0.4, 0.5) is 14.6 Å². The fourth-order valence-corrected chi connectivity index (χ4v) is 4.12. The molecule has 1 unspecified atom stereocenters. The number of piperidine rings is 1. The highest BCUT2D eigenvalue weighted by molar-refractivity contribution is 6.33. The Hall–Kier alpha value is -2.82. The molecule has 182 valence electrons. The van der Waals surface area contributed by atoms with E-state index in [1.165, 1.54) is 7.11 Å². The highest BCUT2D eigenvalue weighted by Gasteiger charge is 2.42. The van der Waals surface area contributed by atoms with E-state index < -0.39 is 18.5 Å². The van der Waals surface area contributed by atoms with Crippen LogP contribution in [0, 0.1) is 20.8 Å². The van der Waals surface area contributed by atoms with E-state index in [9.17, 15) is 8.78 Å². The summed E-state index contributed by atoms with van der Waals surface area (Å²) in [6, 6.07) is 3.96. The molecule has 0 bridgehead atoms. The number of methoxy groups -OCH3 is 1. The SMILES string of the molecule is COCOc1ccc(Cl)c(-c2nc(NC3CCNCC3(F)F)c(C)c(-c3c(C)noc3C)n2)c1. The zero-order valence-corrected chi connectivity index (χ0v) is 20.1. The second-order valence-corrected chi connectivity index (χ2v) is 8.59. The molecule has 11 heteroatoms. The highest BCUT2D eigenvalue weighted by Crippen LogP contribution is 2.37. The molecule has 1 aromatic carbocycles. The molecule has 0 aliphatic carbocycles. The number of anilines is 1. The number of halogens is 3. The van der Waals surface area contributed by atoms with Crippen LogP contribution in [-0.2, 0) is 4.74 Å². The number of ether oxygens (including phenoxy) is 2. The fraction of sp³-hybridized carbons (Fsp3) is 0.435. The van der Waals surface area contributed by atoms with Crippen LogP contribution in [0.15, 0.2) is 22.7 Å². The second-order valence-electron chi connectivity index (χ2n) is 8.18. The van der Waals surface area contributed by atoms with Crippen LogP contribution in [0.3, 0.4) is 0 Å². The normalized spacial score (nSPS) is 17.6. The predicted octanol–water partition coefficient (Wildman–Crippen LogP) is 4.77. The van der Waals surface area contributed by atoms with Gasteiger partial charge in [0.1, 0.15) is 17.3 Å². The summed E-state index contributed by atoms with van der Waals surface area (Å²) >= 11 is 6.49. The molecular formula is C23H26ClF2N5O3. The van der Waals surface area contributed by atoms with E-state index >= 15 is 0 Å². The first kappa shape index (κ1) is 24.3. The van der Waals surface area contributed by atoms with Crippen LogP contribution in [0.5, 0.6) is 5.75 Å². The Labute approximate surface area is 201 Å². The lowest BCUT2D eigenvalue weighted by Gasteiger charge is -2.33. The summed E-state index contributed by atoms with van der Waals surface area (Å²) in [5.41, 5.74) is 2.94. The van der Waals surface area contributed by atoms with Crippen LogP contribution in [0.25, 0.3) is 22.6 Å². The van der Waals surface area contributed by atoms with Crippen molar-refractivity contribution in [3.8, 4) is 28.4 Å². The van der Waals surface area contributed by atoms with Gasteiger partial charge in [0.05, 0.1) is 34.6 Å². The summed E-state index contributed by atoms with van der Waals surface area (Å²) in [6.45, 7) is 5.49. The highest BCUT2D eigenvalue weighted by atomic mass is 35.5. The number of nitrogens with one attached hydrogen (secondary N) is 2. The fourth-order valence-electron chi connectivity index (χ4n) is 3.91. The predicted molar refractivity (Wildman–Crippen MR) is 125 cm³/mol. The van der Waals surface area contributed by atoms with Crippen molar-refractivity contribution in [2.75, 3.05) is 32.3 Å². The molecule has 8 nitrogen and oxygen atoms in total. The van der Waals surface area contributed by atoms with Gasteiger partial charge < -0.3 is 24.6 Å². The third-order valence-corrected chi connectivity index (χ3v) is 6.06. The third kappa shape index (κ3) is 4.84. The minimum Gasteiger partial charge on any atom is -0.468 e. The first-order chi connectivity index (χ1) is 16.2. The van der Waals surface area contributed by atoms with Gasteiger partial charge in [-0.15, -0.1) is 0 Å². The maximum Gasteiger partial charge on any atom is 0.279 e. The van der Waals surface area contributed by atoms with Gasteiger partial charge in [0.25, 0.3) is 5.92 Å². The monoisotopic (exact) mass is 493 g/mol. The second kappa shape index (κ2) is 9.81. The number of nitrogens with zero attached hydrogens (tertiary/aromatic N) is 3. The van der Waals surface area contributed by atoms with Crippen molar-refractivity contribution in [1.82, 2.24) is 20.4 Å². The molecule has 34 heavy (non-hydrogen) atoms. The van der Waals surface area contributed by atoms with Crippen molar-refractivity contribution in [1.29, 1.82) is 0 Å². The van der Waals surface area contributed by atoms with Gasteiger partial charge in [-0.05, 0) is 51.9 Å². The number of benzene rings is 1. The van der Waals surface area contributed by atoms with Gasteiger partial charge >= 0.3 is 0 Å². The maximum absolute atomic E-state index is 14.6. The third-order valence-electron chi connectivity index (χ3n) is 5.73. The van der Waals surface area contributed by atoms with Crippen LogP contribution in [0.1, 0.15) is 23.4 Å². The largest absolute Gasteiger partial charge is 0.468 e. The van der Waals surface area contributed by atoms with E-state index in [1.54, 1.807) is 39.0 Å². The molecule has 0 saturated carbocycles. The lowest BCUT2D eigenvalue weighted by Crippen LogP contribution is -2.53. The molecule has 0 spiro atoms. The zero-order chi connectivity index (χ0) is 24.5. The summed E-state index contributed by atoms with van der Waals surface area (Å²) in [5, 5.41) is 10.1. The Morgan fingerprint density at radius 1 is 1.26 bits per heavy atom. The first-order valence-electron chi connectivity index (χ1n) is 10.8. The van der Waals surface area contributed by atoms with E-state index in [2.05, 4.69) is 20.8 Å². The lowest BCUT2D eigenvalue weighted by molar-refractivity contribution is -0.0322. The number of rotatable bonds is 7. The van der Waals surface area contributed by atoms with Crippen molar-refractivity contribution in [2.45, 2.75) is 39.2 Å². The van der Waals surface area contributed by atoms with Gasteiger partial charge in [-0.1, -0.05) is 16.8 Å². The van der Waals surface area contributed by atoms with E-state index in [1.807, 2.05) is 0 Å². The molecular weight excluding hydrogens is 468 g/mol. The number of alkyl halides is 2. The van der Waals surface area contributed by atoms with Gasteiger partial charge in [-0.3, -0.25) is 0 Å². The molecule has 1 atom stereocenters. The smallest absolute Gasteiger partial charge is 0.279 e. The Balaban J connectivity index is 1.86. The van der Waals surface area contributed by atoms with Crippen LogP contribution >= 0.6 is 11.6 Å². The molecule has 1 fully saturated rings. The van der Waals surface area contributed by atoms with Crippen molar-refractivity contribution >= 4 is 17.4 Å². The van der Waals surface area contributed by atoms with E-state index in [4.69, 9.17) is 30.6 Å². The van der Waals surface area contributed by atoms with Crippen LogP contribution in [0.2, 0.25) is 5.02 Å². The van der Waals surface area contributed by atoms with Crippen LogP contribution < -0.4 is 15.4 Å². The summed E-state index contributed by atoms with van der Waals surface area (Å²) in [7, 11) is 1.52. The van der Waals surface area contributed by atoms with Crippen molar-refractivity contribution < 1.29 is 22.8 Å². The summed E-state index contributed by atoms with van der Waals surface area (Å²) in [5.74, 6) is -1.32. The zero-order valence-electron chi connectivity index (χ0n) is 19.3. The molecule has 2 N–H and O–H groups in total. The molecule has 4 rings (SSSR count). The van der Waals surface area contributed by atoms with Gasteiger partial charge in [-0.2, -0.15) is 0 Å². The number of hydrogen-bond acceptors (Lipinski definition) is 8. The quantitative estimate of drug-likeness (QED) is 0.455. The molecule has 0 radical (unpaired) electrons. The molecule has 3 aromatic rings. The summed E-state index contributed by atoms with van der Waals surface area (Å²) in [4.78, 5) is 9.37. The van der Waals surface area contributed by atoms with Gasteiger partial charge in [0.15, 0.2) is 12.6 Å². The summed E-state index contributed by atoms with van der Waals surface area (Å²) in [6.07, 6.45) is 0.244. The van der Waals surface area contributed by atoms with Gasteiger partial charge in [0.2, 0.25) is 0 Å². The minimum absolute atomic E-state index is 0.0533. The molecule has 3 heterocycles.